The molecule has 0 bridgehead atoms. The number of pyridine rings is 1. The summed E-state index contributed by atoms with van der Waals surface area (Å²) in [6, 6.07) is 11.6. The highest BCUT2D eigenvalue weighted by Gasteiger charge is 2.16. The van der Waals surface area contributed by atoms with Gasteiger partial charge in [-0.05, 0) is 43.4 Å². The Labute approximate surface area is 154 Å². The van der Waals surface area contributed by atoms with Crippen LogP contribution >= 0.6 is 0 Å². The molecule has 27 heavy (non-hydrogen) atoms. The normalized spacial score (nSPS) is 10.7. The second-order valence-electron chi connectivity index (χ2n) is 5.13. The topological polar surface area (TPSA) is 133 Å². The Morgan fingerprint density at radius 3 is 2.56 bits per heavy atom. The lowest BCUT2D eigenvalue weighted by molar-refractivity contribution is -0.159. The second kappa shape index (κ2) is 11.2. The first-order chi connectivity index (χ1) is 12.9. The van der Waals surface area contributed by atoms with E-state index in [1.54, 1.807) is 30.5 Å². The number of benzene rings is 1. The highest BCUT2D eigenvalue weighted by atomic mass is 19.1. The Balaban J connectivity index is 0.000000527. The number of hydrogen-bond donors (Lipinski definition) is 3. The third-order valence-electron chi connectivity index (χ3n) is 3.21. The predicted octanol–water partition coefficient (Wildman–Crippen LogP) is 1.98. The van der Waals surface area contributed by atoms with E-state index in [0.717, 1.165) is 5.56 Å². The summed E-state index contributed by atoms with van der Waals surface area (Å²) in [5.41, 5.74) is 1.09. The molecule has 9 heteroatoms. The Bertz CT molecular complexity index is 811. The van der Waals surface area contributed by atoms with E-state index in [-0.39, 0.29) is 17.8 Å². The lowest BCUT2D eigenvalue weighted by atomic mass is 10.1. The number of aliphatic carboxylic acids is 2. The molecule has 0 aliphatic heterocycles. The number of halogens is 1. The zero-order valence-electron chi connectivity index (χ0n) is 14.4. The minimum absolute atomic E-state index is 0.269. The van der Waals surface area contributed by atoms with Crippen molar-refractivity contribution in [2.24, 2.45) is 0 Å². The Hall–Kier alpha value is -3.51. The van der Waals surface area contributed by atoms with Crippen molar-refractivity contribution in [3.05, 3.63) is 59.5 Å². The quantitative estimate of drug-likeness (QED) is 0.653. The molecule has 0 radical (unpaired) electrons. The van der Waals surface area contributed by atoms with Gasteiger partial charge in [-0.3, -0.25) is 0 Å². The standard InChI is InChI=1S/C16H16FN3O.C2H2O4/c1-19-9-7-15(12-4-2-6-14(17)10-12)21-16-13(11-18)5-3-8-20-16;3-1(4)2(5)6/h2-6,8,10,15,19H,7,9H2,1H3;(H,3,4)(H,5,6). The number of carbonyl (C=O) groups is 2. The number of ether oxygens (including phenoxy) is 1. The summed E-state index contributed by atoms with van der Waals surface area (Å²) in [5.74, 6) is -3.69. The van der Waals surface area contributed by atoms with Crippen LogP contribution in [0.1, 0.15) is 23.7 Å². The molecule has 8 nitrogen and oxygen atoms in total. The number of carboxylic acids is 2. The molecule has 0 fully saturated rings. The largest absolute Gasteiger partial charge is 0.473 e. The van der Waals surface area contributed by atoms with E-state index < -0.39 is 11.9 Å². The number of nitrogens with zero attached hydrogens (tertiary/aromatic N) is 2. The Morgan fingerprint density at radius 1 is 1.30 bits per heavy atom. The van der Waals surface area contributed by atoms with Crippen molar-refractivity contribution < 1.29 is 28.9 Å². The van der Waals surface area contributed by atoms with Crippen LogP contribution in [0.15, 0.2) is 42.6 Å². The van der Waals surface area contributed by atoms with E-state index in [2.05, 4.69) is 10.3 Å². The van der Waals surface area contributed by atoms with Crippen molar-refractivity contribution in [2.75, 3.05) is 13.6 Å². The molecular weight excluding hydrogens is 357 g/mol. The van der Waals surface area contributed by atoms with Crippen LogP contribution in [0.5, 0.6) is 5.88 Å². The van der Waals surface area contributed by atoms with Gasteiger partial charge in [-0.25, -0.2) is 19.0 Å². The summed E-state index contributed by atoms with van der Waals surface area (Å²) in [4.78, 5) is 22.3. The molecule has 1 aromatic heterocycles. The number of aromatic nitrogens is 1. The van der Waals surface area contributed by atoms with Crippen LogP contribution in [-0.4, -0.2) is 40.7 Å². The lowest BCUT2D eigenvalue weighted by Gasteiger charge is -2.19. The monoisotopic (exact) mass is 375 g/mol. The highest BCUT2D eigenvalue weighted by Crippen LogP contribution is 2.25. The molecule has 3 N–H and O–H groups in total. The maximum Gasteiger partial charge on any atom is 0.414 e. The third kappa shape index (κ3) is 7.50. The van der Waals surface area contributed by atoms with E-state index in [1.807, 2.05) is 13.1 Å². The molecule has 0 aliphatic rings. The van der Waals surface area contributed by atoms with Gasteiger partial charge in [0.05, 0.1) is 0 Å². The van der Waals surface area contributed by atoms with Gasteiger partial charge >= 0.3 is 11.9 Å². The van der Waals surface area contributed by atoms with Gasteiger partial charge in [0.2, 0.25) is 5.88 Å². The van der Waals surface area contributed by atoms with Crippen LogP contribution in [0, 0.1) is 17.1 Å². The minimum atomic E-state index is -1.82. The van der Waals surface area contributed by atoms with Crippen molar-refractivity contribution >= 4 is 11.9 Å². The average Bonchev–Trinajstić information content (AvgIpc) is 2.65. The SMILES string of the molecule is CNCCC(Oc1ncccc1C#N)c1cccc(F)c1.O=C(O)C(=O)O. The smallest absolute Gasteiger partial charge is 0.414 e. The van der Waals surface area contributed by atoms with E-state index in [9.17, 15) is 4.39 Å². The summed E-state index contributed by atoms with van der Waals surface area (Å²) in [6.45, 7) is 0.704. The Morgan fingerprint density at radius 2 is 2.00 bits per heavy atom. The van der Waals surface area contributed by atoms with E-state index >= 15 is 0 Å². The summed E-state index contributed by atoms with van der Waals surface area (Å²) in [7, 11) is 1.84. The molecule has 0 amide bonds. The molecule has 2 rings (SSSR count). The fraction of sp³-hybridized carbons (Fsp3) is 0.222. The van der Waals surface area contributed by atoms with Crippen LogP contribution < -0.4 is 10.1 Å². The lowest BCUT2D eigenvalue weighted by Crippen LogP contribution is -2.17. The number of rotatable bonds is 6. The van der Waals surface area contributed by atoms with E-state index in [1.165, 1.54) is 12.1 Å². The Kier molecular flexibility index (Phi) is 8.91. The molecule has 1 heterocycles. The van der Waals surface area contributed by atoms with Gasteiger partial charge in [-0.15, -0.1) is 0 Å². The van der Waals surface area contributed by atoms with E-state index in [4.69, 9.17) is 29.8 Å². The molecule has 1 aromatic carbocycles. The van der Waals surface area contributed by atoms with Gasteiger partial charge in [-0.2, -0.15) is 5.26 Å². The van der Waals surface area contributed by atoms with Gasteiger partial charge in [0, 0.05) is 12.6 Å². The summed E-state index contributed by atoms with van der Waals surface area (Å²) in [6.07, 6.45) is 1.84. The predicted molar refractivity (Wildman–Crippen MR) is 92.5 cm³/mol. The first kappa shape index (κ1) is 21.5. The number of carboxylic acid groups (broad SMARTS) is 2. The first-order valence-corrected chi connectivity index (χ1v) is 7.77. The van der Waals surface area contributed by atoms with Gasteiger partial charge in [-0.1, -0.05) is 12.1 Å². The van der Waals surface area contributed by atoms with Crippen LogP contribution in [0.25, 0.3) is 0 Å². The van der Waals surface area contributed by atoms with Crippen molar-refractivity contribution in [3.63, 3.8) is 0 Å². The van der Waals surface area contributed by atoms with Gasteiger partial charge < -0.3 is 20.3 Å². The molecular formula is C18H18FN3O5. The van der Waals surface area contributed by atoms with Crippen LogP contribution in [0.3, 0.4) is 0 Å². The summed E-state index contributed by atoms with van der Waals surface area (Å²) >= 11 is 0. The molecule has 0 spiro atoms. The molecule has 1 unspecified atom stereocenters. The van der Waals surface area contributed by atoms with Gasteiger partial charge in [0.15, 0.2) is 0 Å². The zero-order valence-corrected chi connectivity index (χ0v) is 14.4. The molecule has 142 valence electrons. The zero-order chi connectivity index (χ0) is 20.2. The maximum atomic E-state index is 13.4. The fourth-order valence-electron chi connectivity index (χ4n) is 1.98. The second-order valence-corrected chi connectivity index (χ2v) is 5.13. The van der Waals surface area contributed by atoms with Crippen molar-refractivity contribution in [2.45, 2.75) is 12.5 Å². The van der Waals surface area contributed by atoms with Crippen LogP contribution in [-0.2, 0) is 9.59 Å². The van der Waals surface area contributed by atoms with Crippen LogP contribution in [0.2, 0.25) is 0 Å². The molecule has 0 saturated heterocycles. The van der Waals surface area contributed by atoms with Crippen molar-refractivity contribution in [3.8, 4) is 11.9 Å². The van der Waals surface area contributed by atoms with Crippen molar-refractivity contribution in [1.82, 2.24) is 10.3 Å². The van der Waals surface area contributed by atoms with Gasteiger partial charge in [0.1, 0.15) is 23.6 Å². The van der Waals surface area contributed by atoms with Gasteiger partial charge in [0.25, 0.3) is 0 Å². The van der Waals surface area contributed by atoms with Crippen molar-refractivity contribution in [1.29, 1.82) is 5.26 Å². The molecule has 0 saturated carbocycles. The minimum Gasteiger partial charge on any atom is -0.473 e. The number of hydrogen-bond acceptors (Lipinski definition) is 6. The molecule has 1 atom stereocenters. The summed E-state index contributed by atoms with van der Waals surface area (Å²) < 4.78 is 19.2. The first-order valence-electron chi connectivity index (χ1n) is 7.77. The van der Waals surface area contributed by atoms with Crippen LogP contribution in [0.4, 0.5) is 4.39 Å². The fourth-order valence-corrected chi connectivity index (χ4v) is 1.98. The number of nitrogens with one attached hydrogen (secondary N) is 1. The average molecular weight is 375 g/mol. The number of nitriles is 1. The molecule has 0 aliphatic carbocycles. The molecule has 2 aromatic rings. The third-order valence-corrected chi connectivity index (χ3v) is 3.21. The summed E-state index contributed by atoms with van der Waals surface area (Å²) in [5, 5.41) is 26.9. The van der Waals surface area contributed by atoms with E-state index in [0.29, 0.717) is 18.5 Å². The maximum absolute atomic E-state index is 13.4. The highest BCUT2D eigenvalue weighted by molar-refractivity contribution is 6.27.